The molecule has 1 aliphatic rings. The number of aromatic nitrogens is 2. The van der Waals surface area contributed by atoms with Crippen LogP contribution < -0.4 is 15.0 Å². The van der Waals surface area contributed by atoms with Gasteiger partial charge in [0.2, 0.25) is 5.91 Å². The number of amides is 1. The van der Waals surface area contributed by atoms with E-state index in [1.807, 2.05) is 55.5 Å². The summed E-state index contributed by atoms with van der Waals surface area (Å²) in [4.78, 5) is 15.0. The van der Waals surface area contributed by atoms with Crippen LogP contribution >= 0.6 is 11.6 Å². The summed E-state index contributed by atoms with van der Waals surface area (Å²) in [5, 5.41) is 12.5. The number of rotatable bonds is 5. The molecule has 4 rings (SSSR count). The highest BCUT2D eigenvalue weighted by Gasteiger charge is 2.27. The molecule has 1 aliphatic heterocycles. The third kappa shape index (κ3) is 4.80. The first-order valence-electron chi connectivity index (χ1n) is 10.3. The van der Waals surface area contributed by atoms with Crippen LogP contribution in [0.5, 0.6) is 5.75 Å². The number of ether oxygens (including phenoxy) is 1. The number of halogens is 1. The Bertz CT molecular complexity index is 1070. The van der Waals surface area contributed by atoms with Gasteiger partial charge in [-0.15, -0.1) is 10.2 Å². The van der Waals surface area contributed by atoms with E-state index in [1.54, 1.807) is 13.2 Å². The first kappa shape index (κ1) is 21.1. The van der Waals surface area contributed by atoms with Gasteiger partial charge >= 0.3 is 0 Å². The summed E-state index contributed by atoms with van der Waals surface area (Å²) in [6.45, 7) is 3.41. The molecule has 1 N–H and O–H groups in total. The van der Waals surface area contributed by atoms with Crippen LogP contribution in [0, 0.1) is 12.8 Å². The third-order valence-electron chi connectivity index (χ3n) is 5.61. The summed E-state index contributed by atoms with van der Waals surface area (Å²) >= 11 is 6.08. The predicted octanol–water partition coefficient (Wildman–Crippen LogP) is 4.97. The maximum atomic E-state index is 12.9. The minimum Gasteiger partial charge on any atom is -0.496 e. The molecule has 3 aromatic rings. The highest BCUT2D eigenvalue weighted by molar-refractivity contribution is 6.31. The Kier molecular flexibility index (Phi) is 6.37. The molecule has 2 aromatic carbocycles. The lowest BCUT2D eigenvalue weighted by Gasteiger charge is -2.32. The second kappa shape index (κ2) is 9.35. The van der Waals surface area contributed by atoms with Gasteiger partial charge in [-0.2, -0.15) is 0 Å². The van der Waals surface area contributed by atoms with Crippen molar-refractivity contribution in [1.29, 1.82) is 0 Å². The molecular weight excluding hydrogens is 412 g/mol. The van der Waals surface area contributed by atoms with E-state index < -0.39 is 0 Å². The van der Waals surface area contributed by atoms with Crippen LogP contribution in [0.3, 0.4) is 0 Å². The summed E-state index contributed by atoms with van der Waals surface area (Å²) in [5.41, 5.74) is 3.40. The zero-order valence-corrected chi connectivity index (χ0v) is 18.4. The summed E-state index contributed by atoms with van der Waals surface area (Å²) in [6.07, 6.45) is 1.76. The Morgan fingerprint density at radius 3 is 2.77 bits per heavy atom. The average molecular weight is 437 g/mol. The third-order valence-corrected chi connectivity index (χ3v) is 5.84. The van der Waals surface area contributed by atoms with Crippen molar-refractivity contribution in [1.82, 2.24) is 10.2 Å². The van der Waals surface area contributed by atoms with Gasteiger partial charge in [0.25, 0.3) is 0 Å². The summed E-state index contributed by atoms with van der Waals surface area (Å²) in [5.74, 6) is 1.42. The van der Waals surface area contributed by atoms with Gasteiger partial charge in [0.05, 0.1) is 18.7 Å². The SMILES string of the molecule is COc1ccccc1-c1ccc(N2CCCC(C(=O)Nc3cc(Cl)ccc3C)C2)nn1. The largest absolute Gasteiger partial charge is 0.496 e. The Morgan fingerprint density at radius 2 is 2.00 bits per heavy atom. The number of carbonyl (C=O) groups is 1. The van der Waals surface area contributed by atoms with Gasteiger partial charge < -0.3 is 15.0 Å². The fraction of sp³-hybridized carbons (Fsp3) is 0.292. The number of benzene rings is 2. The first-order chi connectivity index (χ1) is 15.0. The van der Waals surface area contributed by atoms with E-state index in [9.17, 15) is 4.79 Å². The number of anilines is 2. The van der Waals surface area contributed by atoms with Crippen molar-refractivity contribution >= 4 is 29.0 Å². The number of aryl methyl sites for hydroxylation is 1. The maximum absolute atomic E-state index is 12.9. The summed E-state index contributed by atoms with van der Waals surface area (Å²) in [6, 6.07) is 17.2. The Morgan fingerprint density at radius 1 is 1.16 bits per heavy atom. The lowest BCUT2D eigenvalue weighted by Crippen LogP contribution is -2.41. The molecule has 1 saturated heterocycles. The van der Waals surface area contributed by atoms with E-state index in [2.05, 4.69) is 20.4 Å². The van der Waals surface area contributed by atoms with Crippen molar-refractivity contribution in [3.63, 3.8) is 0 Å². The number of para-hydroxylation sites is 1. The molecule has 0 bridgehead atoms. The molecule has 31 heavy (non-hydrogen) atoms. The van der Waals surface area contributed by atoms with Gasteiger partial charge in [0, 0.05) is 29.4 Å². The molecule has 1 unspecified atom stereocenters. The van der Waals surface area contributed by atoms with Crippen molar-refractivity contribution in [3.8, 4) is 17.0 Å². The lowest BCUT2D eigenvalue weighted by molar-refractivity contribution is -0.120. The zero-order chi connectivity index (χ0) is 21.8. The molecule has 0 aliphatic carbocycles. The Balaban J connectivity index is 1.46. The summed E-state index contributed by atoms with van der Waals surface area (Å²) in [7, 11) is 1.64. The molecule has 0 radical (unpaired) electrons. The molecule has 2 heterocycles. The number of hydrogen-bond acceptors (Lipinski definition) is 5. The van der Waals surface area contributed by atoms with E-state index in [0.29, 0.717) is 11.6 Å². The zero-order valence-electron chi connectivity index (χ0n) is 17.6. The van der Waals surface area contributed by atoms with Gasteiger partial charge in [-0.3, -0.25) is 4.79 Å². The van der Waals surface area contributed by atoms with Crippen molar-refractivity contribution in [3.05, 3.63) is 65.2 Å². The van der Waals surface area contributed by atoms with Crippen LogP contribution in [0.15, 0.2) is 54.6 Å². The van der Waals surface area contributed by atoms with Crippen LogP contribution in [-0.4, -0.2) is 36.3 Å². The molecule has 6 nitrogen and oxygen atoms in total. The van der Waals surface area contributed by atoms with E-state index in [1.165, 1.54) is 0 Å². The number of carbonyl (C=O) groups excluding carboxylic acids is 1. The first-order valence-corrected chi connectivity index (χ1v) is 10.7. The van der Waals surface area contributed by atoms with Gasteiger partial charge in [-0.25, -0.2) is 0 Å². The monoisotopic (exact) mass is 436 g/mol. The van der Waals surface area contributed by atoms with Crippen LogP contribution in [-0.2, 0) is 4.79 Å². The number of hydrogen-bond donors (Lipinski definition) is 1. The minimum atomic E-state index is -0.122. The second-order valence-corrected chi connectivity index (χ2v) is 8.15. The molecule has 7 heteroatoms. The van der Waals surface area contributed by atoms with E-state index in [0.717, 1.165) is 53.5 Å². The van der Waals surface area contributed by atoms with Crippen molar-refractivity contribution < 1.29 is 9.53 Å². The predicted molar refractivity (Wildman–Crippen MR) is 124 cm³/mol. The standard InChI is InChI=1S/C24H25ClN4O2/c1-16-9-10-18(25)14-21(16)26-24(30)17-6-5-13-29(15-17)23-12-11-20(27-28-23)19-7-3-4-8-22(19)31-2/h3-4,7-12,14,17H,5-6,13,15H2,1-2H3,(H,26,30). The average Bonchev–Trinajstić information content (AvgIpc) is 2.81. The molecule has 1 atom stereocenters. The van der Waals surface area contributed by atoms with E-state index in [-0.39, 0.29) is 11.8 Å². The van der Waals surface area contributed by atoms with Crippen molar-refractivity contribution in [2.45, 2.75) is 19.8 Å². The maximum Gasteiger partial charge on any atom is 0.229 e. The van der Waals surface area contributed by atoms with Crippen LogP contribution in [0.2, 0.25) is 5.02 Å². The molecule has 0 spiro atoms. The smallest absolute Gasteiger partial charge is 0.229 e. The normalized spacial score (nSPS) is 16.1. The quantitative estimate of drug-likeness (QED) is 0.611. The number of nitrogens with zero attached hydrogens (tertiary/aromatic N) is 3. The van der Waals surface area contributed by atoms with Crippen LogP contribution in [0.25, 0.3) is 11.3 Å². The number of methoxy groups -OCH3 is 1. The van der Waals surface area contributed by atoms with Crippen LogP contribution in [0.1, 0.15) is 18.4 Å². The fourth-order valence-electron chi connectivity index (χ4n) is 3.86. The van der Waals surface area contributed by atoms with E-state index in [4.69, 9.17) is 16.3 Å². The van der Waals surface area contributed by atoms with Gasteiger partial charge in [0.1, 0.15) is 5.75 Å². The topological polar surface area (TPSA) is 67.3 Å². The minimum absolute atomic E-state index is 0.00803. The van der Waals surface area contributed by atoms with Gasteiger partial charge in [-0.05, 0) is 61.7 Å². The summed E-state index contributed by atoms with van der Waals surface area (Å²) < 4.78 is 5.42. The van der Waals surface area contributed by atoms with Gasteiger partial charge in [0.15, 0.2) is 5.82 Å². The molecular formula is C24H25ClN4O2. The Labute approximate surface area is 187 Å². The fourth-order valence-corrected chi connectivity index (χ4v) is 4.03. The molecule has 160 valence electrons. The lowest BCUT2D eigenvalue weighted by atomic mass is 9.97. The van der Waals surface area contributed by atoms with Gasteiger partial charge in [-0.1, -0.05) is 29.8 Å². The molecule has 0 saturated carbocycles. The van der Waals surface area contributed by atoms with Crippen molar-refractivity contribution in [2.75, 3.05) is 30.4 Å². The van der Waals surface area contributed by atoms with E-state index >= 15 is 0 Å². The van der Waals surface area contributed by atoms with Crippen molar-refractivity contribution in [2.24, 2.45) is 5.92 Å². The second-order valence-electron chi connectivity index (χ2n) is 7.71. The number of piperidine rings is 1. The number of nitrogens with one attached hydrogen (secondary N) is 1. The highest BCUT2D eigenvalue weighted by Crippen LogP contribution is 2.29. The highest BCUT2D eigenvalue weighted by atomic mass is 35.5. The molecule has 1 aromatic heterocycles. The van der Waals surface area contributed by atoms with Crippen LogP contribution in [0.4, 0.5) is 11.5 Å². The Hall–Kier alpha value is -3.12. The molecule has 1 fully saturated rings. The molecule has 1 amide bonds.